The highest BCUT2D eigenvalue weighted by atomic mass is 15.1. The Balaban J connectivity index is 2.54. The molecule has 1 aromatic rings. The van der Waals surface area contributed by atoms with E-state index in [1.807, 2.05) is 13.1 Å². The summed E-state index contributed by atoms with van der Waals surface area (Å²) >= 11 is 0. The lowest BCUT2D eigenvalue weighted by Crippen LogP contribution is -2.32. The van der Waals surface area contributed by atoms with E-state index in [-0.39, 0.29) is 0 Å². The van der Waals surface area contributed by atoms with E-state index in [0.717, 1.165) is 31.6 Å². The summed E-state index contributed by atoms with van der Waals surface area (Å²) in [5, 5.41) is 3.28. The molecule has 1 atom stereocenters. The van der Waals surface area contributed by atoms with Gasteiger partial charge < -0.3 is 10.2 Å². The van der Waals surface area contributed by atoms with Crippen molar-refractivity contribution in [2.75, 3.05) is 25.0 Å². The van der Waals surface area contributed by atoms with E-state index < -0.39 is 0 Å². The highest BCUT2D eigenvalue weighted by molar-refractivity contribution is 5.61. The molecule has 122 valence electrons. The quantitative estimate of drug-likeness (QED) is 0.780. The van der Waals surface area contributed by atoms with Crippen LogP contribution in [0.4, 0.5) is 5.69 Å². The first-order valence-corrected chi connectivity index (χ1v) is 8.44. The van der Waals surface area contributed by atoms with Gasteiger partial charge in [-0.3, -0.25) is 0 Å². The molecular weight excluding hydrogens is 280 g/mol. The summed E-state index contributed by atoms with van der Waals surface area (Å²) in [5.41, 5.74) is 8.58. The Kier molecular flexibility index (Phi) is 6.46. The molecule has 23 heavy (non-hydrogen) atoms. The van der Waals surface area contributed by atoms with Crippen molar-refractivity contribution in [3.05, 3.63) is 71.6 Å². The maximum atomic E-state index is 3.96. The number of hydrogen-bond donors (Lipinski definition) is 1. The third-order valence-corrected chi connectivity index (χ3v) is 4.14. The van der Waals surface area contributed by atoms with E-state index in [2.05, 4.69) is 72.8 Å². The number of anilines is 1. The Morgan fingerprint density at radius 1 is 1.35 bits per heavy atom. The molecule has 2 nitrogen and oxygen atoms in total. The minimum atomic E-state index is 0.543. The van der Waals surface area contributed by atoms with Crippen molar-refractivity contribution in [1.29, 1.82) is 0 Å². The molecule has 1 unspecified atom stereocenters. The summed E-state index contributed by atoms with van der Waals surface area (Å²) < 4.78 is 0. The number of para-hydroxylation sites is 1. The molecule has 0 bridgehead atoms. The van der Waals surface area contributed by atoms with Crippen molar-refractivity contribution in [2.24, 2.45) is 5.92 Å². The molecule has 1 N–H and O–H groups in total. The maximum absolute atomic E-state index is 3.96. The van der Waals surface area contributed by atoms with Gasteiger partial charge in [0.1, 0.15) is 0 Å². The summed E-state index contributed by atoms with van der Waals surface area (Å²) in [7, 11) is 2.01. The van der Waals surface area contributed by atoms with Crippen molar-refractivity contribution < 1.29 is 0 Å². The molecular formula is C21H28N2. The van der Waals surface area contributed by atoms with Crippen LogP contribution in [-0.2, 0) is 6.42 Å². The van der Waals surface area contributed by atoms with Crippen LogP contribution in [0.3, 0.4) is 0 Å². The number of nitrogens with zero attached hydrogens (tertiary/aromatic N) is 1. The van der Waals surface area contributed by atoms with Crippen molar-refractivity contribution in [3.63, 3.8) is 0 Å². The standard InChI is InChI=1S/C21H28N2/c1-5-9-20-14-18(6-2)12-13-19-10-7-8-11-21(19)23(20)16-17(3)15-22-4/h5-11,17,22H,2,12-13,15-16H2,1,3-4H3/b9-5-. The van der Waals surface area contributed by atoms with Crippen LogP contribution >= 0.6 is 0 Å². The molecule has 1 heterocycles. The molecule has 0 spiro atoms. The van der Waals surface area contributed by atoms with Crippen molar-refractivity contribution in [3.8, 4) is 0 Å². The number of nitrogens with one attached hydrogen (secondary N) is 1. The largest absolute Gasteiger partial charge is 0.335 e. The molecule has 0 amide bonds. The second-order valence-corrected chi connectivity index (χ2v) is 6.14. The average molecular weight is 308 g/mol. The van der Waals surface area contributed by atoms with E-state index in [0.29, 0.717) is 5.92 Å². The second-order valence-electron chi connectivity index (χ2n) is 6.14. The van der Waals surface area contributed by atoms with E-state index >= 15 is 0 Å². The number of aryl methyl sites for hydroxylation is 1. The molecule has 0 fully saturated rings. The first kappa shape index (κ1) is 17.3. The highest BCUT2D eigenvalue weighted by Crippen LogP contribution is 2.29. The van der Waals surface area contributed by atoms with Crippen LogP contribution in [0.2, 0.25) is 0 Å². The lowest BCUT2D eigenvalue weighted by Gasteiger charge is -2.31. The fourth-order valence-electron chi connectivity index (χ4n) is 3.04. The fraction of sp³-hybridized carbons (Fsp3) is 0.381. The third kappa shape index (κ3) is 4.48. The van der Waals surface area contributed by atoms with Crippen molar-refractivity contribution >= 4 is 5.69 Å². The van der Waals surface area contributed by atoms with Gasteiger partial charge in [0.05, 0.1) is 5.70 Å². The molecule has 0 aliphatic carbocycles. The van der Waals surface area contributed by atoms with Crippen LogP contribution in [0.25, 0.3) is 0 Å². The van der Waals surface area contributed by atoms with Crippen LogP contribution in [-0.4, -0.2) is 20.1 Å². The zero-order chi connectivity index (χ0) is 16.7. The van der Waals surface area contributed by atoms with Gasteiger partial charge in [-0.05, 0) is 62.6 Å². The molecule has 0 aromatic heterocycles. The molecule has 0 saturated carbocycles. The zero-order valence-electron chi connectivity index (χ0n) is 14.6. The first-order chi connectivity index (χ1) is 11.2. The number of benzene rings is 1. The average Bonchev–Trinajstić information content (AvgIpc) is 2.55. The van der Waals surface area contributed by atoms with Crippen molar-refractivity contribution in [1.82, 2.24) is 5.32 Å². The van der Waals surface area contributed by atoms with Gasteiger partial charge in [0.2, 0.25) is 0 Å². The minimum Gasteiger partial charge on any atom is -0.335 e. The summed E-state index contributed by atoms with van der Waals surface area (Å²) in [6, 6.07) is 8.73. The Labute approximate surface area is 140 Å². The van der Waals surface area contributed by atoms with E-state index in [1.54, 1.807) is 0 Å². The predicted molar refractivity (Wildman–Crippen MR) is 101 cm³/mol. The Morgan fingerprint density at radius 2 is 2.13 bits per heavy atom. The van der Waals surface area contributed by atoms with E-state index in [4.69, 9.17) is 0 Å². The number of fused-ring (bicyclic) bond motifs is 1. The monoisotopic (exact) mass is 308 g/mol. The number of rotatable bonds is 6. The van der Waals surface area contributed by atoms with Gasteiger partial charge in [-0.1, -0.05) is 49.6 Å². The second kappa shape index (κ2) is 8.57. The first-order valence-electron chi connectivity index (χ1n) is 8.44. The van der Waals surface area contributed by atoms with Gasteiger partial charge in [0.25, 0.3) is 0 Å². The highest BCUT2D eigenvalue weighted by Gasteiger charge is 2.18. The summed E-state index contributed by atoms with van der Waals surface area (Å²) in [6.07, 6.45) is 8.19. The minimum absolute atomic E-state index is 0.543. The summed E-state index contributed by atoms with van der Waals surface area (Å²) in [6.45, 7) is 10.3. The lowest BCUT2D eigenvalue weighted by atomic mass is 9.99. The van der Waals surface area contributed by atoms with Crippen LogP contribution in [0.1, 0.15) is 25.8 Å². The van der Waals surface area contributed by atoms with Crippen LogP contribution in [0.5, 0.6) is 0 Å². The van der Waals surface area contributed by atoms with Gasteiger partial charge in [-0.2, -0.15) is 0 Å². The predicted octanol–water partition coefficient (Wildman–Crippen LogP) is 4.47. The Hall–Kier alpha value is -2.02. The van der Waals surface area contributed by atoms with Gasteiger partial charge in [0.15, 0.2) is 0 Å². The molecule has 1 aliphatic rings. The molecule has 1 aromatic carbocycles. The summed E-state index contributed by atoms with van der Waals surface area (Å²) in [5.74, 6) is 0.543. The summed E-state index contributed by atoms with van der Waals surface area (Å²) in [4.78, 5) is 2.40. The van der Waals surface area contributed by atoms with Crippen LogP contribution < -0.4 is 10.2 Å². The smallest absolute Gasteiger partial charge is 0.0843 e. The lowest BCUT2D eigenvalue weighted by molar-refractivity contribution is 0.544. The normalized spacial score (nSPS) is 16.2. The van der Waals surface area contributed by atoms with Crippen LogP contribution in [0, 0.1) is 5.92 Å². The molecule has 0 radical (unpaired) electrons. The van der Waals surface area contributed by atoms with Gasteiger partial charge in [-0.15, -0.1) is 0 Å². The fourth-order valence-corrected chi connectivity index (χ4v) is 3.04. The van der Waals surface area contributed by atoms with Crippen LogP contribution in [0.15, 0.2) is 66.1 Å². The Morgan fingerprint density at radius 3 is 2.83 bits per heavy atom. The molecule has 2 heteroatoms. The number of allylic oxidation sites excluding steroid dienone is 3. The maximum Gasteiger partial charge on any atom is 0.0843 e. The van der Waals surface area contributed by atoms with Crippen molar-refractivity contribution in [2.45, 2.75) is 26.7 Å². The van der Waals surface area contributed by atoms with Gasteiger partial charge >= 0.3 is 0 Å². The number of hydrogen-bond acceptors (Lipinski definition) is 2. The molecule has 1 aliphatic heterocycles. The van der Waals surface area contributed by atoms with Gasteiger partial charge in [0, 0.05) is 12.2 Å². The molecule has 2 rings (SSSR count). The third-order valence-electron chi connectivity index (χ3n) is 4.14. The SMILES string of the molecule is C=CC1=C=C(/C=C\C)N(CC(C)CNC)c2ccccc2CC1. The van der Waals surface area contributed by atoms with E-state index in [9.17, 15) is 0 Å². The Bertz CT molecular complexity index is 633. The molecule has 0 saturated heterocycles. The topological polar surface area (TPSA) is 15.3 Å². The van der Waals surface area contributed by atoms with Gasteiger partial charge in [-0.25, -0.2) is 0 Å². The van der Waals surface area contributed by atoms with E-state index in [1.165, 1.54) is 16.8 Å². The zero-order valence-corrected chi connectivity index (χ0v) is 14.6.